The van der Waals surface area contributed by atoms with Gasteiger partial charge in [0.05, 0.1) is 17.8 Å². The Labute approximate surface area is 122 Å². The van der Waals surface area contributed by atoms with Crippen molar-refractivity contribution < 1.29 is 14.3 Å². The van der Waals surface area contributed by atoms with Crippen molar-refractivity contribution in [2.75, 3.05) is 31.6 Å². The van der Waals surface area contributed by atoms with E-state index < -0.39 is 17.2 Å². The average Bonchev–Trinajstić information content (AvgIpc) is 2.48. The van der Waals surface area contributed by atoms with Gasteiger partial charge in [0.25, 0.3) is 0 Å². The first-order chi connectivity index (χ1) is 10.0. The number of aliphatic carboxylic acids is 1. The largest absolute Gasteiger partial charge is 0.481 e. The Morgan fingerprint density at radius 1 is 1.38 bits per heavy atom. The molecule has 0 aromatic carbocycles. The van der Waals surface area contributed by atoms with Gasteiger partial charge in [-0.25, -0.2) is 14.4 Å². The number of carboxylic acid groups (broad SMARTS) is 1. The number of piperidine rings is 2. The Balaban J connectivity index is 1.85. The van der Waals surface area contributed by atoms with Crippen LogP contribution >= 0.6 is 0 Å². The van der Waals surface area contributed by atoms with Crippen LogP contribution in [0.1, 0.15) is 19.3 Å². The van der Waals surface area contributed by atoms with Crippen molar-refractivity contribution in [3.05, 3.63) is 18.2 Å². The molecule has 0 unspecified atom stereocenters. The molecule has 0 spiro atoms. The van der Waals surface area contributed by atoms with Crippen molar-refractivity contribution in [3.8, 4) is 0 Å². The third-order valence-corrected chi connectivity index (χ3v) is 4.84. The standard InChI is InChI=1S/C14H19FN4O2/c1-18-5-2-3-14(12(20)21)4-6-19(9-11(14)18)13-16-7-10(15)8-17-13/h7-8,11H,2-6,9H2,1H3,(H,20,21)/t11-,14+/m1/s1. The SMILES string of the molecule is CN1CCC[C@]2(C(=O)O)CCN(c3ncc(F)cn3)C[C@@H]12. The summed E-state index contributed by atoms with van der Waals surface area (Å²) in [5.41, 5.74) is -0.677. The molecule has 3 rings (SSSR count). The summed E-state index contributed by atoms with van der Waals surface area (Å²) in [7, 11) is 1.97. The third-order valence-electron chi connectivity index (χ3n) is 4.84. The zero-order chi connectivity index (χ0) is 15.0. The number of anilines is 1. The molecule has 7 heteroatoms. The van der Waals surface area contributed by atoms with Crippen molar-refractivity contribution in [2.24, 2.45) is 5.41 Å². The van der Waals surface area contributed by atoms with Gasteiger partial charge < -0.3 is 14.9 Å². The van der Waals surface area contributed by atoms with E-state index in [9.17, 15) is 14.3 Å². The zero-order valence-electron chi connectivity index (χ0n) is 12.0. The number of hydrogen-bond acceptors (Lipinski definition) is 5. The van der Waals surface area contributed by atoms with Crippen LogP contribution in [0, 0.1) is 11.2 Å². The molecule has 1 aromatic rings. The minimum atomic E-state index is -0.710. The first-order valence-electron chi connectivity index (χ1n) is 7.19. The second kappa shape index (κ2) is 5.22. The minimum Gasteiger partial charge on any atom is -0.481 e. The normalized spacial score (nSPS) is 30.0. The van der Waals surface area contributed by atoms with Gasteiger partial charge in [-0.3, -0.25) is 4.79 Å². The Hall–Kier alpha value is -1.76. The first kappa shape index (κ1) is 14.2. The van der Waals surface area contributed by atoms with Crippen molar-refractivity contribution in [1.82, 2.24) is 14.9 Å². The molecule has 0 aliphatic carbocycles. The highest BCUT2D eigenvalue weighted by atomic mass is 19.1. The number of carbonyl (C=O) groups is 1. The van der Waals surface area contributed by atoms with Crippen LogP contribution in [0.5, 0.6) is 0 Å². The van der Waals surface area contributed by atoms with Crippen LogP contribution in [0.25, 0.3) is 0 Å². The van der Waals surface area contributed by atoms with Gasteiger partial charge in [0.15, 0.2) is 5.82 Å². The highest BCUT2D eigenvalue weighted by molar-refractivity contribution is 5.76. The molecule has 114 valence electrons. The molecule has 6 nitrogen and oxygen atoms in total. The second-order valence-corrected chi connectivity index (χ2v) is 5.96. The number of aromatic nitrogens is 2. The van der Waals surface area contributed by atoms with E-state index in [-0.39, 0.29) is 6.04 Å². The van der Waals surface area contributed by atoms with Crippen LogP contribution in [-0.2, 0) is 4.79 Å². The van der Waals surface area contributed by atoms with Crippen LogP contribution in [0.3, 0.4) is 0 Å². The number of halogens is 1. The van der Waals surface area contributed by atoms with Crippen LogP contribution in [-0.4, -0.2) is 58.7 Å². The number of fused-ring (bicyclic) bond motifs is 1. The molecule has 21 heavy (non-hydrogen) atoms. The lowest BCUT2D eigenvalue weighted by Crippen LogP contribution is -2.63. The number of rotatable bonds is 2. The molecule has 0 bridgehead atoms. The highest BCUT2D eigenvalue weighted by Crippen LogP contribution is 2.42. The number of likely N-dealkylation sites (N-methyl/N-ethyl adjacent to an activating group) is 1. The smallest absolute Gasteiger partial charge is 0.311 e. The van der Waals surface area contributed by atoms with Gasteiger partial charge in [0.1, 0.15) is 0 Å². The fourth-order valence-corrected chi connectivity index (χ4v) is 3.64. The first-order valence-corrected chi connectivity index (χ1v) is 7.19. The topological polar surface area (TPSA) is 69.6 Å². The Morgan fingerprint density at radius 3 is 2.76 bits per heavy atom. The molecule has 2 atom stereocenters. The molecule has 0 amide bonds. The van der Waals surface area contributed by atoms with Gasteiger partial charge in [-0.2, -0.15) is 0 Å². The van der Waals surface area contributed by atoms with Gasteiger partial charge in [-0.1, -0.05) is 0 Å². The van der Waals surface area contributed by atoms with E-state index in [4.69, 9.17) is 0 Å². The van der Waals surface area contributed by atoms with E-state index in [0.717, 1.165) is 31.8 Å². The van der Waals surface area contributed by atoms with Crippen LogP contribution in [0.4, 0.5) is 10.3 Å². The van der Waals surface area contributed by atoms with Crippen molar-refractivity contribution in [2.45, 2.75) is 25.3 Å². The lowest BCUT2D eigenvalue weighted by molar-refractivity contribution is -0.158. The maximum atomic E-state index is 12.9. The van der Waals surface area contributed by atoms with E-state index in [0.29, 0.717) is 25.5 Å². The predicted molar refractivity (Wildman–Crippen MR) is 74.5 cm³/mol. The third kappa shape index (κ3) is 2.35. The van der Waals surface area contributed by atoms with Crippen LogP contribution < -0.4 is 4.90 Å². The van der Waals surface area contributed by atoms with E-state index in [1.165, 1.54) is 0 Å². The summed E-state index contributed by atoms with van der Waals surface area (Å²) in [6.07, 6.45) is 4.48. The van der Waals surface area contributed by atoms with Gasteiger partial charge in [0, 0.05) is 19.1 Å². The van der Waals surface area contributed by atoms with Crippen molar-refractivity contribution >= 4 is 11.9 Å². The summed E-state index contributed by atoms with van der Waals surface area (Å²) in [5, 5.41) is 9.71. The summed E-state index contributed by atoms with van der Waals surface area (Å²) >= 11 is 0. The summed E-state index contributed by atoms with van der Waals surface area (Å²) in [6.45, 7) is 2.05. The van der Waals surface area contributed by atoms with E-state index in [2.05, 4.69) is 14.9 Å². The lowest BCUT2D eigenvalue weighted by atomic mass is 9.68. The Kier molecular flexibility index (Phi) is 3.52. The average molecular weight is 294 g/mol. The highest BCUT2D eigenvalue weighted by Gasteiger charge is 2.52. The number of nitrogens with zero attached hydrogens (tertiary/aromatic N) is 4. The summed E-state index contributed by atoms with van der Waals surface area (Å²) in [5.74, 6) is -0.710. The number of carboxylic acids is 1. The molecule has 1 N–H and O–H groups in total. The maximum absolute atomic E-state index is 12.9. The van der Waals surface area contributed by atoms with E-state index in [1.807, 2.05) is 11.9 Å². The summed E-state index contributed by atoms with van der Waals surface area (Å²) in [6, 6.07) is -0.0637. The second-order valence-electron chi connectivity index (χ2n) is 5.96. The number of likely N-dealkylation sites (tertiary alicyclic amines) is 1. The fourth-order valence-electron chi connectivity index (χ4n) is 3.64. The molecule has 3 heterocycles. The van der Waals surface area contributed by atoms with Gasteiger partial charge in [-0.05, 0) is 32.9 Å². The maximum Gasteiger partial charge on any atom is 0.311 e. The Bertz CT molecular complexity index is 538. The molecule has 1 aromatic heterocycles. The van der Waals surface area contributed by atoms with Crippen molar-refractivity contribution in [1.29, 1.82) is 0 Å². The van der Waals surface area contributed by atoms with E-state index in [1.54, 1.807) is 0 Å². The van der Waals surface area contributed by atoms with Gasteiger partial charge in [0.2, 0.25) is 5.95 Å². The monoisotopic (exact) mass is 294 g/mol. The molecule has 0 saturated carbocycles. The quantitative estimate of drug-likeness (QED) is 0.877. The molecular weight excluding hydrogens is 275 g/mol. The van der Waals surface area contributed by atoms with Crippen LogP contribution in [0.2, 0.25) is 0 Å². The zero-order valence-corrected chi connectivity index (χ0v) is 12.0. The predicted octanol–water partition coefficient (Wildman–Crippen LogP) is 0.991. The fraction of sp³-hybridized carbons (Fsp3) is 0.643. The molecule has 2 aliphatic heterocycles. The minimum absolute atomic E-state index is 0.0637. The van der Waals surface area contributed by atoms with E-state index >= 15 is 0 Å². The molecule has 2 aliphatic rings. The Morgan fingerprint density at radius 2 is 2.10 bits per heavy atom. The molecular formula is C14H19FN4O2. The molecule has 2 fully saturated rings. The summed E-state index contributed by atoms with van der Waals surface area (Å²) < 4.78 is 12.9. The van der Waals surface area contributed by atoms with Gasteiger partial charge in [-0.15, -0.1) is 0 Å². The van der Waals surface area contributed by atoms with Gasteiger partial charge >= 0.3 is 5.97 Å². The summed E-state index contributed by atoms with van der Waals surface area (Å²) in [4.78, 5) is 23.9. The lowest BCUT2D eigenvalue weighted by Gasteiger charge is -2.51. The molecule has 0 radical (unpaired) electrons. The molecule has 2 saturated heterocycles. The van der Waals surface area contributed by atoms with Crippen LogP contribution in [0.15, 0.2) is 12.4 Å². The van der Waals surface area contributed by atoms with Crippen molar-refractivity contribution in [3.63, 3.8) is 0 Å². The number of hydrogen-bond donors (Lipinski definition) is 1.